The number of hydrogen-bond donors (Lipinski definition) is 3. The van der Waals surface area contributed by atoms with Crippen molar-refractivity contribution in [3.63, 3.8) is 0 Å². The maximum absolute atomic E-state index is 12.1. The van der Waals surface area contributed by atoms with E-state index >= 15 is 0 Å². The Morgan fingerprint density at radius 1 is 1.38 bits per heavy atom. The number of ether oxygens (including phenoxy) is 1. The minimum atomic E-state index is -4.47. The number of nitrogens with one attached hydrogen (secondary N) is 1. The summed E-state index contributed by atoms with van der Waals surface area (Å²) in [5.74, 6) is 0. The summed E-state index contributed by atoms with van der Waals surface area (Å²) in [6, 6.07) is 1.05. The molecule has 3 N–H and O–H groups in total. The van der Waals surface area contributed by atoms with Crippen LogP contribution >= 0.6 is 7.75 Å². The van der Waals surface area contributed by atoms with Gasteiger partial charge in [-0.05, 0) is 0 Å². The number of aryl methyl sites for hydroxylation is 1. The van der Waals surface area contributed by atoms with Crippen LogP contribution in [-0.4, -0.2) is 49.0 Å². The highest BCUT2D eigenvalue weighted by Gasteiger charge is 2.44. The van der Waals surface area contributed by atoms with Gasteiger partial charge in [-0.1, -0.05) is 0 Å². The maximum atomic E-state index is 12.1. The summed E-state index contributed by atoms with van der Waals surface area (Å²) in [7, 11) is -2.85. The van der Waals surface area contributed by atoms with Crippen molar-refractivity contribution in [3.05, 3.63) is 51.8 Å². The zero-order valence-electron chi connectivity index (χ0n) is 13.5. The van der Waals surface area contributed by atoms with E-state index in [0.29, 0.717) is 0 Å². The highest BCUT2D eigenvalue weighted by molar-refractivity contribution is 7.49. The van der Waals surface area contributed by atoms with Crippen LogP contribution < -0.4 is 20.7 Å². The summed E-state index contributed by atoms with van der Waals surface area (Å²) in [6.45, 7) is -0.574. The quantitative estimate of drug-likeness (QED) is 0.356. The van der Waals surface area contributed by atoms with Crippen molar-refractivity contribution in [1.29, 1.82) is 0 Å². The monoisotopic (exact) mass is 388 g/mol. The van der Waals surface area contributed by atoms with E-state index in [0.717, 1.165) is 21.2 Å². The van der Waals surface area contributed by atoms with Crippen LogP contribution in [0.5, 0.6) is 0 Å². The second-order valence-corrected chi connectivity index (χ2v) is 7.44. The fourth-order valence-electron chi connectivity index (χ4n) is 2.54. The molecule has 13 heteroatoms. The van der Waals surface area contributed by atoms with Crippen LogP contribution in [0.15, 0.2) is 40.6 Å². The van der Waals surface area contributed by atoms with E-state index in [9.17, 15) is 29.3 Å². The summed E-state index contributed by atoms with van der Waals surface area (Å²) in [5, 5.41) is 20.1. The lowest BCUT2D eigenvalue weighted by Crippen LogP contribution is -2.37. The van der Waals surface area contributed by atoms with Crippen LogP contribution in [0.1, 0.15) is 6.23 Å². The Hall–Kier alpha value is -2.08. The smallest absolute Gasteiger partial charge is 0.330 e. The van der Waals surface area contributed by atoms with Gasteiger partial charge in [0.05, 0.1) is 13.7 Å². The number of aliphatic hydroxyl groups is 2. The number of H-pyrrole nitrogens is 1. The van der Waals surface area contributed by atoms with Crippen LogP contribution in [-0.2, 0) is 20.9 Å². The molecule has 1 aliphatic heterocycles. The molecule has 0 aromatic carbocycles. The maximum Gasteiger partial charge on any atom is 0.330 e. The van der Waals surface area contributed by atoms with Gasteiger partial charge in [0.2, 0.25) is 6.33 Å². The second kappa shape index (κ2) is 6.91. The largest absolute Gasteiger partial charge is 0.742 e. The lowest BCUT2D eigenvalue weighted by Gasteiger charge is -2.21. The van der Waals surface area contributed by atoms with Crippen molar-refractivity contribution >= 4 is 7.75 Å². The number of nitrogens with zero attached hydrogens (tertiary/aromatic N) is 3. The highest BCUT2D eigenvalue weighted by atomic mass is 31.2. The number of aromatic nitrogens is 4. The predicted octanol–water partition coefficient (Wildman–Crippen LogP) is -3.18. The summed E-state index contributed by atoms with van der Waals surface area (Å²) >= 11 is 0. The Labute approximate surface area is 146 Å². The third kappa shape index (κ3) is 3.56. The molecule has 1 saturated heterocycles. The van der Waals surface area contributed by atoms with E-state index in [-0.39, 0.29) is 0 Å². The van der Waals surface area contributed by atoms with Gasteiger partial charge < -0.3 is 24.4 Å². The molecule has 0 saturated carbocycles. The number of hydrogen-bond acceptors (Lipinski definition) is 8. The van der Waals surface area contributed by atoms with Crippen molar-refractivity contribution in [2.45, 2.75) is 24.5 Å². The predicted molar refractivity (Wildman–Crippen MR) is 81.8 cm³/mol. The molecule has 1 fully saturated rings. The van der Waals surface area contributed by atoms with Gasteiger partial charge in [-0.25, -0.2) is 9.36 Å². The van der Waals surface area contributed by atoms with Gasteiger partial charge in [0, 0.05) is 12.3 Å². The zero-order valence-corrected chi connectivity index (χ0v) is 14.4. The van der Waals surface area contributed by atoms with Crippen LogP contribution in [0.2, 0.25) is 0 Å². The van der Waals surface area contributed by atoms with Crippen molar-refractivity contribution in [3.8, 4) is 0 Å². The molecule has 3 heterocycles. The summed E-state index contributed by atoms with van der Waals surface area (Å²) < 4.78 is 25.6. The van der Waals surface area contributed by atoms with Crippen molar-refractivity contribution in [1.82, 2.24) is 13.9 Å². The molecular formula is C13H17N4O8P. The molecule has 2 aromatic rings. The van der Waals surface area contributed by atoms with Crippen LogP contribution in [0.25, 0.3) is 0 Å². The normalized spacial score (nSPS) is 28.2. The Morgan fingerprint density at radius 2 is 2.12 bits per heavy atom. The van der Waals surface area contributed by atoms with Crippen LogP contribution in [0.3, 0.4) is 0 Å². The number of aromatic amines is 1. The Morgan fingerprint density at radius 3 is 2.73 bits per heavy atom. The first kappa shape index (κ1) is 18.7. The molecule has 5 unspecified atom stereocenters. The Bertz CT molecular complexity index is 952. The molecular weight excluding hydrogens is 371 g/mol. The molecule has 5 atom stereocenters. The van der Waals surface area contributed by atoms with Gasteiger partial charge in [0.15, 0.2) is 6.23 Å². The van der Waals surface area contributed by atoms with Gasteiger partial charge in [0.25, 0.3) is 5.56 Å². The zero-order chi connectivity index (χ0) is 19.1. The van der Waals surface area contributed by atoms with Gasteiger partial charge in [0.1, 0.15) is 30.7 Å². The Balaban J connectivity index is 1.73. The summed E-state index contributed by atoms with van der Waals surface area (Å²) in [6.07, 6.45) is -0.393. The molecule has 12 nitrogen and oxygen atoms in total. The second-order valence-electron chi connectivity index (χ2n) is 5.79. The summed E-state index contributed by atoms with van der Waals surface area (Å²) in [4.78, 5) is 37.0. The highest BCUT2D eigenvalue weighted by Crippen LogP contribution is 2.39. The molecule has 26 heavy (non-hydrogen) atoms. The van der Waals surface area contributed by atoms with Gasteiger partial charge in [-0.3, -0.25) is 18.9 Å². The first-order valence-corrected chi connectivity index (χ1v) is 9.01. The molecule has 3 rings (SSSR count). The van der Waals surface area contributed by atoms with Crippen LogP contribution in [0, 0.1) is 0 Å². The van der Waals surface area contributed by atoms with E-state index in [1.807, 2.05) is 4.98 Å². The number of aliphatic hydroxyl groups excluding tert-OH is 2. The topological polar surface area (TPSA) is 163 Å². The third-order valence-corrected chi connectivity index (χ3v) is 5.18. The van der Waals surface area contributed by atoms with Gasteiger partial charge in [-0.15, -0.1) is 0 Å². The average Bonchev–Trinajstić information content (AvgIpc) is 3.12. The molecule has 0 radical (unpaired) electrons. The molecule has 0 amide bonds. The molecule has 2 aromatic heterocycles. The fraction of sp³-hybridized carbons (Fsp3) is 0.462. The van der Waals surface area contributed by atoms with Gasteiger partial charge in [-0.2, -0.15) is 4.34 Å². The third-order valence-electron chi connectivity index (χ3n) is 3.90. The minimum absolute atomic E-state index is 0.574. The molecule has 142 valence electrons. The molecule has 0 bridgehead atoms. The summed E-state index contributed by atoms with van der Waals surface area (Å²) in [5.41, 5.74) is -1.48. The van der Waals surface area contributed by atoms with E-state index < -0.39 is 50.1 Å². The van der Waals surface area contributed by atoms with E-state index in [1.165, 1.54) is 23.3 Å². The van der Waals surface area contributed by atoms with Gasteiger partial charge >= 0.3 is 13.4 Å². The molecule has 0 spiro atoms. The lowest BCUT2D eigenvalue weighted by atomic mass is 10.1. The number of rotatable bonds is 5. The first-order chi connectivity index (χ1) is 12.2. The SMILES string of the molecule is C[n+]1ccn(P(=O)([O-])OCC2OC(n3ccc(=O)[nH]c3=O)C(O)C2O)c1. The Kier molecular flexibility index (Phi) is 4.97. The average molecular weight is 388 g/mol. The fourth-order valence-corrected chi connectivity index (χ4v) is 3.52. The standard InChI is InChI=1S/C13H17N4O8P/c1-15-4-5-16(7-15)26(22,23)24-6-8-10(19)11(20)12(25-8)17-3-2-9(18)14-13(17)21/h2-5,7-8,10-12,19-20H,6H2,1H3,(H-,14,18,21,22,23). The van der Waals surface area contributed by atoms with E-state index in [2.05, 4.69) is 0 Å². The van der Waals surface area contributed by atoms with Crippen molar-refractivity contribution in [2.24, 2.45) is 7.05 Å². The first-order valence-electron chi connectivity index (χ1n) is 7.52. The van der Waals surface area contributed by atoms with Crippen molar-refractivity contribution < 1.29 is 33.5 Å². The minimum Gasteiger partial charge on any atom is -0.742 e. The molecule has 0 aliphatic carbocycles. The van der Waals surface area contributed by atoms with Crippen LogP contribution in [0.4, 0.5) is 0 Å². The molecule has 1 aliphatic rings. The lowest BCUT2D eigenvalue weighted by molar-refractivity contribution is -0.670. The number of imidazole rings is 1. The van der Waals surface area contributed by atoms with E-state index in [1.54, 1.807) is 7.05 Å². The van der Waals surface area contributed by atoms with E-state index in [4.69, 9.17) is 9.26 Å². The van der Waals surface area contributed by atoms with Crippen molar-refractivity contribution in [2.75, 3.05) is 6.61 Å².